The van der Waals surface area contributed by atoms with E-state index >= 15 is 0 Å². The fraction of sp³-hybridized carbons (Fsp3) is 0.458. The Morgan fingerprint density at radius 2 is 1.31 bits per heavy atom. The standard InChI is InChI=1S/C24H28F2O3/c25-22(26)16-6-4-2-1-3-5-11-17-24(23(27)28)18-12-7-9-14-20(18)29-21-15-10-8-13-19(21)24/h7-10,12-15,22H,1-6,11,16-17H2,(H,27,28). The third kappa shape index (κ3) is 4.77. The van der Waals surface area contributed by atoms with Crippen LogP contribution in [0.2, 0.25) is 0 Å². The molecule has 3 rings (SSSR count). The van der Waals surface area contributed by atoms with Crippen molar-refractivity contribution in [3.8, 4) is 11.5 Å². The molecule has 0 fully saturated rings. The summed E-state index contributed by atoms with van der Waals surface area (Å²) >= 11 is 0. The maximum Gasteiger partial charge on any atom is 0.318 e. The van der Waals surface area contributed by atoms with Gasteiger partial charge in [-0.05, 0) is 25.0 Å². The number of benzene rings is 2. The first kappa shape index (κ1) is 21.3. The van der Waals surface area contributed by atoms with Gasteiger partial charge in [-0.2, -0.15) is 0 Å². The molecule has 0 saturated heterocycles. The first-order chi connectivity index (χ1) is 14.1. The van der Waals surface area contributed by atoms with E-state index in [1.165, 1.54) is 0 Å². The maximum absolute atomic E-state index is 12.6. The van der Waals surface area contributed by atoms with E-state index in [1.807, 2.05) is 48.5 Å². The lowest BCUT2D eigenvalue weighted by atomic mass is 9.69. The van der Waals surface area contributed by atoms with Crippen molar-refractivity contribution >= 4 is 5.97 Å². The lowest BCUT2D eigenvalue weighted by Gasteiger charge is -2.37. The van der Waals surface area contributed by atoms with E-state index in [9.17, 15) is 18.7 Å². The highest BCUT2D eigenvalue weighted by Gasteiger charge is 2.47. The van der Waals surface area contributed by atoms with Crippen molar-refractivity contribution in [1.82, 2.24) is 0 Å². The number of alkyl halides is 2. The summed E-state index contributed by atoms with van der Waals surface area (Å²) in [7, 11) is 0. The second-order valence-corrected chi connectivity index (χ2v) is 7.71. The number of hydrogen-bond acceptors (Lipinski definition) is 2. The van der Waals surface area contributed by atoms with Crippen LogP contribution in [-0.2, 0) is 10.2 Å². The number of carboxylic acid groups (broad SMARTS) is 1. The summed E-state index contributed by atoms with van der Waals surface area (Å²) in [6.07, 6.45) is 4.36. The van der Waals surface area contributed by atoms with E-state index in [1.54, 1.807) is 0 Å². The summed E-state index contributed by atoms with van der Waals surface area (Å²) in [5.41, 5.74) is 0.305. The summed E-state index contributed by atoms with van der Waals surface area (Å²) < 4.78 is 30.3. The quantitative estimate of drug-likeness (QED) is 0.414. The summed E-state index contributed by atoms with van der Waals surface area (Å²) in [4.78, 5) is 12.6. The predicted octanol–water partition coefficient (Wildman–Crippen LogP) is 6.94. The fourth-order valence-corrected chi connectivity index (χ4v) is 4.26. The highest BCUT2D eigenvalue weighted by Crippen LogP contribution is 2.50. The molecule has 0 unspecified atom stereocenters. The van der Waals surface area contributed by atoms with Gasteiger partial charge in [-0.1, -0.05) is 74.9 Å². The zero-order valence-corrected chi connectivity index (χ0v) is 16.6. The molecule has 0 saturated carbocycles. The van der Waals surface area contributed by atoms with Gasteiger partial charge in [0.05, 0.1) is 0 Å². The van der Waals surface area contributed by atoms with Crippen LogP contribution >= 0.6 is 0 Å². The number of hydrogen-bond donors (Lipinski definition) is 1. The third-order valence-corrected chi connectivity index (χ3v) is 5.75. The van der Waals surface area contributed by atoms with Gasteiger partial charge in [0.1, 0.15) is 16.9 Å². The number of halogens is 2. The topological polar surface area (TPSA) is 46.5 Å². The van der Waals surface area contributed by atoms with Gasteiger partial charge >= 0.3 is 5.97 Å². The van der Waals surface area contributed by atoms with E-state index in [0.29, 0.717) is 35.5 Å². The van der Waals surface area contributed by atoms with Gasteiger partial charge in [-0.3, -0.25) is 4.79 Å². The van der Waals surface area contributed by atoms with Gasteiger partial charge in [0.2, 0.25) is 6.43 Å². The first-order valence-electron chi connectivity index (χ1n) is 10.4. The van der Waals surface area contributed by atoms with E-state index in [-0.39, 0.29) is 6.42 Å². The highest BCUT2D eigenvalue weighted by atomic mass is 19.3. The van der Waals surface area contributed by atoms with Crippen molar-refractivity contribution in [3.05, 3.63) is 59.7 Å². The zero-order chi connectivity index (χ0) is 20.7. The zero-order valence-electron chi connectivity index (χ0n) is 16.6. The van der Waals surface area contributed by atoms with Crippen LogP contribution < -0.4 is 4.74 Å². The van der Waals surface area contributed by atoms with Crippen LogP contribution in [0.15, 0.2) is 48.5 Å². The van der Waals surface area contributed by atoms with Crippen molar-refractivity contribution in [2.24, 2.45) is 0 Å². The molecule has 29 heavy (non-hydrogen) atoms. The van der Waals surface area contributed by atoms with Gasteiger partial charge in [0.25, 0.3) is 0 Å². The van der Waals surface area contributed by atoms with Gasteiger partial charge in [-0.25, -0.2) is 8.78 Å². The largest absolute Gasteiger partial charge is 0.480 e. The molecule has 0 bridgehead atoms. The minimum absolute atomic E-state index is 0.0119. The van der Waals surface area contributed by atoms with Crippen molar-refractivity contribution < 1.29 is 23.4 Å². The minimum Gasteiger partial charge on any atom is -0.480 e. The van der Waals surface area contributed by atoms with Crippen molar-refractivity contribution in [3.63, 3.8) is 0 Å². The molecule has 0 aliphatic carbocycles. The van der Waals surface area contributed by atoms with Crippen LogP contribution in [0, 0.1) is 0 Å². The first-order valence-corrected chi connectivity index (χ1v) is 10.4. The number of fused-ring (bicyclic) bond motifs is 2. The Labute approximate surface area is 170 Å². The molecule has 0 amide bonds. The molecule has 1 heterocycles. The van der Waals surface area contributed by atoms with Crippen molar-refractivity contribution in [2.45, 2.75) is 69.6 Å². The Balaban J connectivity index is 1.64. The average molecular weight is 402 g/mol. The van der Waals surface area contributed by atoms with E-state index in [0.717, 1.165) is 38.5 Å². The highest BCUT2D eigenvalue weighted by molar-refractivity contribution is 5.89. The average Bonchev–Trinajstić information content (AvgIpc) is 2.71. The molecule has 3 nitrogen and oxygen atoms in total. The number of carboxylic acids is 1. The van der Waals surface area contributed by atoms with Crippen LogP contribution in [0.5, 0.6) is 11.5 Å². The summed E-state index contributed by atoms with van der Waals surface area (Å²) in [5, 5.41) is 10.3. The number of ether oxygens (including phenoxy) is 1. The van der Waals surface area contributed by atoms with E-state index < -0.39 is 17.8 Å². The van der Waals surface area contributed by atoms with Gasteiger partial charge in [0.15, 0.2) is 0 Å². The number of rotatable bonds is 11. The molecule has 5 heteroatoms. The number of para-hydroxylation sites is 2. The second-order valence-electron chi connectivity index (χ2n) is 7.71. The molecular formula is C24H28F2O3. The Morgan fingerprint density at radius 1 is 0.828 bits per heavy atom. The van der Waals surface area contributed by atoms with E-state index in [4.69, 9.17) is 4.74 Å². The van der Waals surface area contributed by atoms with Gasteiger partial charge in [0, 0.05) is 17.5 Å². The van der Waals surface area contributed by atoms with Gasteiger partial charge in [-0.15, -0.1) is 0 Å². The normalized spacial score (nSPS) is 14.2. The molecule has 0 spiro atoms. The molecule has 1 aliphatic rings. The maximum atomic E-state index is 12.6. The summed E-state index contributed by atoms with van der Waals surface area (Å²) in [6.45, 7) is 0. The monoisotopic (exact) mass is 402 g/mol. The number of unbranched alkanes of at least 4 members (excludes halogenated alkanes) is 6. The molecule has 0 aromatic heterocycles. The van der Waals surface area contributed by atoms with Crippen LogP contribution in [0.1, 0.15) is 68.9 Å². The SMILES string of the molecule is O=C(O)C1(CCCCCCCCCC(F)F)c2ccccc2Oc2ccccc21. The molecule has 1 aliphatic heterocycles. The van der Waals surface area contributed by atoms with E-state index in [2.05, 4.69) is 0 Å². The molecule has 156 valence electrons. The predicted molar refractivity (Wildman–Crippen MR) is 109 cm³/mol. The molecular weight excluding hydrogens is 374 g/mol. The third-order valence-electron chi connectivity index (χ3n) is 5.75. The summed E-state index contributed by atoms with van der Waals surface area (Å²) in [5.74, 6) is 0.355. The molecule has 2 aromatic carbocycles. The van der Waals surface area contributed by atoms with Crippen LogP contribution in [0.4, 0.5) is 8.78 Å². The second kappa shape index (κ2) is 9.86. The van der Waals surface area contributed by atoms with Crippen LogP contribution in [0.25, 0.3) is 0 Å². The molecule has 0 radical (unpaired) electrons. The molecule has 0 atom stereocenters. The minimum atomic E-state index is -2.20. The Hall–Kier alpha value is -2.43. The Bertz CT molecular complexity index is 774. The summed E-state index contributed by atoms with van der Waals surface area (Å²) in [6, 6.07) is 14.8. The fourth-order valence-electron chi connectivity index (χ4n) is 4.26. The lowest BCUT2D eigenvalue weighted by molar-refractivity contribution is -0.142. The van der Waals surface area contributed by atoms with Crippen LogP contribution in [-0.4, -0.2) is 17.5 Å². The van der Waals surface area contributed by atoms with Crippen molar-refractivity contribution in [2.75, 3.05) is 0 Å². The van der Waals surface area contributed by atoms with Crippen molar-refractivity contribution in [1.29, 1.82) is 0 Å². The van der Waals surface area contributed by atoms with Crippen LogP contribution in [0.3, 0.4) is 0 Å². The van der Waals surface area contributed by atoms with Gasteiger partial charge < -0.3 is 9.84 Å². The Morgan fingerprint density at radius 3 is 1.83 bits per heavy atom. The number of aliphatic carboxylic acids is 1. The number of carbonyl (C=O) groups is 1. The Kier molecular flexibility index (Phi) is 7.24. The molecule has 1 N–H and O–H groups in total. The molecule has 2 aromatic rings. The lowest BCUT2D eigenvalue weighted by Crippen LogP contribution is -2.39. The smallest absolute Gasteiger partial charge is 0.318 e.